The highest BCUT2D eigenvalue weighted by atomic mass is 35.5. The predicted octanol–water partition coefficient (Wildman–Crippen LogP) is 4.19. The van der Waals surface area contributed by atoms with Gasteiger partial charge in [0.25, 0.3) is 11.8 Å². The van der Waals surface area contributed by atoms with Crippen molar-refractivity contribution >= 4 is 40.9 Å². The summed E-state index contributed by atoms with van der Waals surface area (Å²) in [5.74, 6) is -0.285. The summed E-state index contributed by atoms with van der Waals surface area (Å²) < 4.78 is 0. The molecule has 29 heavy (non-hydrogen) atoms. The van der Waals surface area contributed by atoms with Crippen molar-refractivity contribution in [1.82, 2.24) is 15.3 Å². The molecule has 0 saturated heterocycles. The second kappa shape index (κ2) is 8.23. The van der Waals surface area contributed by atoms with E-state index in [1.807, 2.05) is 25.1 Å². The molecule has 0 unspecified atom stereocenters. The summed E-state index contributed by atoms with van der Waals surface area (Å²) in [6, 6.07) is 12.5. The van der Waals surface area contributed by atoms with Crippen molar-refractivity contribution in [1.29, 1.82) is 0 Å². The molecule has 2 amide bonds. The molecule has 3 heterocycles. The van der Waals surface area contributed by atoms with E-state index in [1.165, 1.54) is 24.0 Å². The van der Waals surface area contributed by atoms with Crippen molar-refractivity contribution in [2.24, 2.45) is 0 Å². The normalized spacial score (nSPS) is 12.8. The van der Waals surface area contributed by atoms with Crippen LogP contribution in [0.4, 0.5) is 5.69 Å². The molecule has 0 saturated carbocycles. The molecule has 6 nitrogen and oxygen atoms in total. The number of halogens is 1. The van der Waals surface area contributed by atoms with E-state index in [-0.39, 0.29) is 17.0 Å². The number of hydrogen-bond donors (Lipinski definition) is 1. The first-order chi connectivity index (χ1) is 14.1. The highest BCUT2D eigenvalue weighted by Crippen LogP contribution is 2.40. The predicted molar refractivity (Wildman–Crippen MR) is 113 cm³/mol. The van der Waals surface area contributed by atoms with E-state index in [1.54, 1.807) is 29.3 Å². The Kier molecular flexibility index (Phi) is 5.51. The van der Waals surface area contributed by atoms with Crippen LogP contribution >= 0.6 is 23.4 Å². The fraction of sp³-hybridized carbons (Fsp3) is 0.143. The van der Waals surface area contributed by atoms with Gasteiger partial charge in [-0.25, -0.2) is 9.97 Å². The number of carbonyl (C=O) groups excluding carboxylic acids is 2. The third-order valence-electron chi connectivity index (χ3n) is 4.53. The van der Waals surface area contributed by atoms with Crippen LogP contribution in [0.3, 0.4) is 0 Å². The second-order valence-electron chi connectivity index (χ2n) is 6.36. The van der Waals surface area contributed by atoms with Gasteiger partial charge >= 0.3 is 0 Å². The Hall–Kier alpha value is -2.90. The maximum absolute atomic E-state index is 12.9. The number of benzene rings is 1. The summed E-state index contributed by atoms with van der Waals surface area (Å²) >= 11 is 7.31. The standard InChI is InChI=1S/C21H17ClN4O2S/c1-2-26-16-6-5-13(12-25-19(27)14-7-9-23-18(22)11-14)10-17(16)29-20-15(21(26)28)4-3-8-24-20/h3-11H,2,12H2,1H3,(H,25,27). The van der Waals surface area contributed by atoms with Gasteiger partial charge in [0.2, 0.25) is 0 Å². The Morgan fingerprint density at radius 3 is 2.83 bits per heavy atom. The molecule has 1 aromatic carbocycles. The summed E-state index contributed by atoms with van der Waals surface area (Å²) in [5.41, 5.74) is 2.82. The monoisotopic (exact) mass is 424 g/mol. The van der Waals surface area contributed by atoms with E-state index >= 15 is 0 Å². The maximum Gasteiger partial charge on any atom is 0.261 e. The second-order valence-corrected chi connectivity index (χ2v) is 7.78. The van der Waals surface area contributed by atoms with Crippen molar-refractivity contribution in [3.05, 3.63) is 76.7 Å². The third-order valence-corrected chi connectivity index (χ3v) is 5.80. The molecule has 1 aliphatic heterocycles. The van der Waals surface area contributed by atoms with Crippen LogP contribution in [-0.2, 0) is 6.54 Å². The number of carbonyl (C=O) groups is 2. The molecule has 3 aromatic rings. The number of anilines is 1. The van der Waals surface area contributed by atoms with E-state index < -0.39 is 0 Å². The molecule has 4 rings (SSSR count). The van der Waals surface area contributed by atoms with E-state index in [2.05, 4.69) is 15.3 Å². The van der Waals surface area contributed by atoms with Gasteiger partial charge in [0.05, 0.1) is 11.3 Å². The average molecular weight is 425 g/mol. The Bertz CT molecular complexity index is 1110. The highest BCUT2D eigenvalue weighted by molar-refractivity contribution is 7.99. The number of nitrogens with zero attached hydrogens (tertiary/aromatic N) is 3. The molecule has 2 aromatic heterocycles. The molecular formula is C21H17ClN4O2S. The molecule has 1 aliphatic rings. The van der Waals surface area contributed by atoms with Crippen LogP contribution in [0.15, 0.2) is 64.8 Å². The largest absolute Gasteiger partial charge is 0.348 e. The van der Waals surface area contributed by atoms with Gasteiger partial charge in [-0.05, 0) is 48.9 Å². The van der Waals surface area contributed by atoms with Gasteiger partial charge in [-0.3, -0.25) is 9.59 Å². The van der Waals surface area contributed by atoms with Gasteiger partial charge in [-0.2, -0.15) is 0 Å². The van der Waals surface area contributed by atoms with Crippen LogP contribution < -0.4 is 10.2 Å². The number of fused-ring (bicyclic) bond motifs is 2. The van der Waals surface area contributed by atoms with E-state index in [0.717, 1.165) is 16.1 Å². The Morgan fingerprint density at radius 2 is 2.03 bits per heavy atom. The van der Waals surface area contributed by atoms with Crippen molar-refractivity contribution in [2.45, 2.75) is 23.4 Å². The van der Waals surface area contributed by atoms with Crippen LogP contribution in [0.2, 0.25) is 5.15 Å². The highest BCUT2D eigenvalue weighted by Gasteiger charge is 2.27. The van der Waals surface area contributed by atoms with Crippen molar-refractivity contribution in [3.8, 4) is 0 Å². The Balaban J connectivity index is 1.59. The third kappa shape index (κ3) is 3.97. The van der Waals surface area contributed by atoms with Crippen LogP contribution in [0.5, 0.6) is 0 Å². The van der Waals surface area contributed by atoms with E-state index in [0.29, 0.717) is 29.2 Å². The van der Waals surface area contributed by atoms with Crippen molar-refractivity contribution in [2.75, 3.05) is 11.4 Å². The summed E-state index contributed by atoms with van der Waals surface area (Å²) in [7, 11) is 0. The summed E-state index contributed by atoms with van der Waals surface area (Å²) in [6.45, 7) is 2.85. The fourth-order valence-electron chi connectivity index (χ4n) is 3.11. The molecule has 0 radical (unpaired) electrons. The Labute approximate surface area is 177 Å². The molecule has 0 spiro atoms. The molecule has 0 aliphatic carbocycles. The average Bonchev–Trinajstić information content (AvgIpc) is 2.85. The molecule has 0 bridgehead atoms. The number of hydrogen-bond acceptors (Lipinski definition) is 5. The molecule has 1 N–H and O–H groups in total. The van der Waals surface area contributed by atoms with Gasteiger partial charge in [0, 0.05) is 35.9 Å². The van der Waals surface area contributed by atoms with Crippen LogP contribution in [0.1, 0.15) is 33.2 Å². The number of rotatable bonds is 4. The van der Waals surface area contributed by atoms with E-state index in [4.69, 9.17) is 11.6 Å². The minimum absolute atomic E-state index is 0.0579. The first-order valence-electron chi connectivity index (χ1n) is 9.04. The quantitative estimate of drug-likeness (QED) is 0.635. The maximum atomic E-state index is 12.9. The fourth-order valence-corrected chi connectivity index (χ4v) is 4.36. The van der Waals surface area contributed by atoms with Crippen LogP contribution in [0, 0.1) is 0 Å². The topological polar surface area (TPSA) is 75.2 Å². The minimum atomic E-state index is -0.228. The first kappa shape index (κ1) is 19.4. The number of nitrogens with one attached hydrogen (secondary N) is 1. The van der Waals surface area contributed by atoms with Gasteiger partial charge in [-0.15, -0.1) is 0 Å². The zero-order valence-electron chi connectivity index (χ0n) is 15.6. The van der Waals surface area contributed by atoms with Gasteiger partial charge in [0.15, 0.2) is 0 Å². The lowest BCUT2D eigenvalue weighted by Crippen LogP contribution is -2.30. The number of aromatic nitrogens is 2. The lowest BCUT2D eigenvalue weighted by Gasteiger charge is -2.21. The van der Waals surface area contributed by atoms with Crippen molar-refractivity contribution < 1.29 is 9.59 Å². The molecule has 146 valence electrons. The minimum Gasteiger partial charge on any atom is -0.348 e. The lowest BCUT2D eigenvalue weighted by atomic mass is 10.1. The summed E-state index contributed by atoms with van der Waals surface area (Å²) in [6.07, 6.45) is 3.18. The van der Waals surface area contributed by atoms with Gasteiger partial charge in [0.1, 0.15) is 10.2 Å². The zero-order chi connectivity index (χ0) is 20.4. The number of pyridine rings is 2. The first-order valence-corrected chi connectivity index (χ1v) is 10.2. The van der Waals surface area contributed by atoms with Gasteiger partial charge in [-0.1, -0.05) is 29.4 Å². The van der Waals surface area contributed by atoms with Crippen LogP contribution in [0.25, 0.3) is 0 Å². The zero-order valence-corrected chi connectivity index (χ0v) is 17.1. The smallest absolute Gasteiger partial charge is 0.261 e. The van der Waals surface area contributed by atoms with Gasteiger partial charge < -0.3 is 10.2 Å². The number of amides is 2. The molecule has 0 fully saturated rings. The van der Waals surface area contributed by atoms with E-state index in [9.17, 15) is 9.59 Å². The molecule has 8 heteroatoms. The SMILES string of the molecule is CCN1C(=O)c2cccnc2Sc2cc(CNC(=O)c3ccnc(Cl)c3)ccc21. The Morgan fingerprint density at radius 1 is 1.17 bits per heavy atom. The molecular weight excluding hydrogens is 408 g/mol. The summed E-state index contributed by atoms with van der Waals surface area (Å²) in [5, 5.41) is 3.84. The lowest BCUT2D eigenvalue weighted by molar-refractivity contribution is 0.0949. The molecule has 0 atom stereocenters. The summed E-state index contributed by atoms with van der Waals surface area (Å²) in [4.78, 5) is 36.2. The van der Waals surface area contributed by atoms with Crippen molar-refractivity contribution in [3.63, 3.8) is 0 Å². The van der Waals surface area contributed by atoms with Crippen LogP contribution in [-0.4, -0.2) is 28.3 Å².